The fraction of sp³-hybridized carbons (Fsp3) is 0.211. The first-order chi connectivity index (χ1) is 13.3. The molecule has 0 N–H and O–H groups in total. The third-order valence-electron chi connectivity index (χ3n) is 4.38. The highest BCUT2D eigenvalue weighted by molar-refractivity contribution is 6.30. The van der Waals surface area contributed by atoms with Gasteiger partial charge in [0.25, 0.3) is 0 Å². The largest absolute Gasteiger partial charge is 0.363 e. The van der Waals surface area contributed by atoms with E-state index in [0.29, 0.717) is 5.02 Å². The molecule has 3 rings (SSSR count). The van der Waals surface area contributed by atoms with Gasteiger partial charge < -0.3 is 9.80 Å². The predicted octanol–water partition coefficient (Wildman–Crippen LogP) is 4.40. The number of benzene rings is 2. The van der Waals surface area contributed by atoms with Gasteiger partial charge in [0.2, 0.25) is 11.7 Å². The van der Waals surface area contributed by atoms with Crippen LogP contribution in [0.1, 0.15) is 5.56 Å². The molecule has 1 saturated heterocycles. The van der Waals surface area contributed by atoms with E-state index in [1.807, 2.05) is 0 Å². The lowest BCUT2D eigenvalue weighted by Crippen LogP contribution is -2.49. The lowest BCUT2D eigenvalue weighted by atomic mass is 10.2. The zero-order valence-electron chi connectivity index (χ0n) is 14.4. The van der Waals surface area contributed by atoms with Crippen molar-refractivity contribution in [1.82, 2.24) is 4.90 Å². The molecule has 0 saturated carbocycles. The number of rotatable bonds is 3. The average Bonchev–Trinajstić information content (AvgIpc) is 2.71. The monoisotopic (exact) mass is 416 g/mol. The number of carbonyl (C=O) groups excluding carboxylic acids is 1. The van der Waals surface area contributed by atoms with E-state index in [1.54, 1.807) is 30.3 Å². The number of hydrogen-bond acceptors (Lipinski definition) is 2. The fourth-order valence-electron chi connectivity index (χ4n) is 2.87. The number of nitrogens with zero attached hydrogens (tertiary/aromatic N) is 2. The molecule has 0 aliphatic carbocycles. The van der Waals surface area contributed by atoms with Crippen molar-refractivity contribution in [2.45, 2.75) is 0 Å². The Morgan fingerprint density at radius 3 is 1.86 bits per heavy atom. The molecule has 0 bridgehead atoms. The summed E-state index contributed by atoms with van der Waals surface area (Å²) in [6.07, 6.45) is 2.94. The third-order valence-corrected chi connectivity index (χ3v) is 4.63. The van der Waals surface area contributed by atoms with Crippen LogP contribution in [0.3, 0.4) is 0 Å². The number of halogens is 6. The van der Waals surface area contributed by atoms with Crippen LogP contribution in [-0.4, -0.2) is 37.0 Å². The normalized spacial score (nSPS) is 14.8. The molecule has 1 aliphatic rings. The molecule has 1 heterocycles. The second-order valence-electron chi connectivity index (χ2n) is 6.12. The molecular formula is C19H14ClF5N2O. The van der Waals surface area contributed by atoms with Crippen LogP contribution >= 0.6 is 11.6 Å². The Kier molecular flexibility index (Phi) is 5.88. The Bertz CT molecular complexity index is 896. The summed E-state index contributed by atoms with van der Waals surface area (Å²) < 4.78 is 67.8. The summed E-state index contributed by atoms with van der Waals surface area (Å²) in [5.41, 5.74) is -0.210. The van der Waals surface area contributed by atoms with Crippen LogP contribution in [0.25, 0.3) is 6.08 Å². The molecular weight excluding hydrogens is 403 g/mol. The van der Waals surface area contributed by atoms with Crippen LogP contribution < -0.4 is 4.90 Å². The number of amides is 1. The molecule has 2 aromatic rings. The van der Waals surface area contributed by atoms with Crippen LogP contribution in [0.2, 0.25) is 5.02 Å². The second kappa shape index (κ2) is 8.18. The highest BCUT2D eigenvalue weighted by Gasteiger charge is 2.31. The molecule has 0 atom stereocenters. The van der Waals surface area contributed by atoms with Crippen molar-refractivity contribution >= 4 is 29.3 Å². The van der Waals surface area contributed by atoms with Crippen molar-refractivity contribution < 1.29 is 26.7 Å². The van der Waals surface area contributed by atoms with Crippen molar-refractivity contribution in [1.29, 1.82) is 0 Å². The number of carbonyl (C=O) groups is 1. The Balaban J connectivity index is 1.68. The third kappa shape index (κ3) is 3.96. The molecule has 0 spiro atoms. The van der Waals surface area contributed by atoms with E-state index >= 15 is 0 Å². The Hall–Kier alpha value is -2.61. The molecule has 0 aromatic heterocycles. The van der Waals surface area contributed by atoms with Gasteiger partial charge in [-0.2, -0.15) is 0 Å². The van der Waals surface area contributed by atoms with E-state index in [1.165, 1.54) is 11.0 Å². The number of hydrogen-bond donors (Lipinski definition) is 0. The van der Waals surface area contributed by atoms with Crippen LogP contribution in [-0.2, 0) is 4.79 Å². The van der Waals surface area contributed by atoms with Gasteiger partial charge >= 0.3 is 0 Å². The van der Waals surface area contributed by atoms with Crippen molar-refractivity contribution in [3.63, 3.8) is 0 Å². The maximum atomic E-state index is 13.9. The Labute approximate surface area is 162 Å². The molecule has 9 heteroatoms. The average molecular weight is 417 g/mol. The molecule has 1 fully saturated rings. The molecule has 0 radical (unpaired) electrons. The quantitative estimate of drug-likeness (QED) is 0.320. The van der Waals surface area contributed by atoms with E-state index in [4.69, 9.17) is 11.6 Å². The maximum absolute atomic E-state index is 13.9. The fourth-order valence-corrected chi connectivity index (χ4v) is 2.99. The van der Waals surface area contributed by atoms with Crippen LogP contribution in [0.4, 0.5) is 27.6 Å². The summed E-state index contributed by atoms with van der Waals surface area (Å²) in [7, 11) is 0. The van der Waals surface area contributed by atoms with E-state index < -0.39 is 34.8 Å². The van der Waals surface area contributed by atoms with E-state index in [0.717, 1.165) is 10.5 Å². The predicted molar refractivity (Wildman–Crippen MR) is 95.5 cm³/mol. The highest BCUT2D eigenvalue weighted by atomic mass is 35.5. The summed E-state index contributed by atoms with van der Waals surface area (Å²) in [5, 5.41) is 0.563. The van der Waals surface area contributed by atoms with Crippen molar-refractivity contribution in [3.05, 3.63) is 70.0 Å². The van der Waals surface area contributed by atoms with Gasteiger partial charge in [0.15, 0.2) is 23.3 Å². The smallest absolute Gasteiger partial charge is 0.246 e. The summed E-state index contributed by atoms with van der Waals surface area (Å²) in [6.45, 7) is 0.00429. The molecule has 0 unspecified atom stereocenters. The molecule has 2 aromatic carbocycles. The molecule has 28 heavy (non-hydrogen) atoms. The van der Waals surface area contributed by atoms with Crippen LogP contribution in [0.15, 0.2) is 30.3 Å². The maximum Gasteiger partial charge on any atom is 0.246 e. The lowest BCUT2D eigenvalue weighted by Gasteiger charge is -2.36. The topological polar surface area (TPSA) is 23.6 Å². The van der Waals surface area contributed by atoms with Crippen LogP contribution in [0, 0.1) is 29.1 Å². The van der Waals surface area contributed by atoms with Gasteiger partial charge in [-0.3, -0.25) is 4.79 Å². The van der Waals surface area contributed by atoms with E-state index in [2.05, 4.69) is 0 Å². The van der Waals surface area contributed by atoms with Gasteiger partial charge in [0.1, 0.15) is 5.69 Å². The first-order valence-corrected chi connectivity index (χ1v) is 8.66. The van der Waals surface area contributed by atoms with Gasteiger partial charge in [-0.15, -0.1) is 0 Å². The molecule has 1 amide bonds. The first-order valence-electron chi connectivity index (χ1n) is 8.28. The summed E-state index contributed by atoms with van der Waals surface area (Å²) in [4.78, 5) is 14.7. The van der Waals surface area contributed by atoms with Crippen molar-refractivity contribution in [2.75, 3.05) is 31.1 Å². The second-order valence-corrected chi connectivity index (χ2v) is 6.55. The van der Waals surface area contributed by atoms with Crippen molar-refractivity contribution in [3.8, 4) is 0 Å². The molecule has 148 valence electrons. The van der Waals surface area contributed by atoms with Crippen LogP contribution in [0.5, 0.6) is 0 Å². The summed E-state index contributed by atoms with van der Waals surface area (Å²) in [5.74, 6) is -10.2. The van der Waals surface area contributed by atoms with Crippen molar-refractivity contribution in [2.24, 2.45) is 0 Å². The van der Waals surface area contributed by atoms with E-state index in [9.17, 15) is 26.7 Å². The van der Waals surface area contributed by atoms with Gasteiger partial charge in [0, 0.05) is 37.3 Å². The summed E-state index contributed by atoms with van der Waals surface area (Å²) in [6, 6.07) is 6.81. The Morgan fingerprint density at radius 2 is 1.32 bits per heavy atom. The minimum absolute atomic E-state index is 0.0706. The standard InChI is InChI=1S/C19H14ClF5N2O/c20-12-4-1-11(2-5-12)3-6-13(28)26-7-9-27(10-8-26)19-17(24)15(22)14(21)16(23)18(19)25/h1-6H,7-10H2/b6-3+. The zero-order chi connectivity index (χ0) is 20.4. The zero-order valence-corrected chi connectivity index (χ0v) is 15.1. The minimum Gasteiger partial charge on any atom is -0.363 e. The number of anilines is 1. The lowest BCUT2D eigenvalue weighted by molar-refractivity contribution is -0.126. The molecule has 3 nitrogen and oxygen atoms in total. The summed E-state index contributed by atoms with van der Waals surface area (Å²) >= 11 is 5.79. The number of piperazine rings is 1. The SMILES string of the molecule is O=C(/C=C/c1ccc(Cl)cc1)N1CCN(c2c(F)c(F)c(F)c(F)c2F)CC1. The van der Waals surface area contributed by atoms with Gasteiger partial charge in [-0.05, 0) is 23.8 Å². The van der Waals surface area contributed by atoms with Gasteiger partial charge in [-0.25, -0.2) is 22.0 Å². The molecule has 1 aliphatic heterocycles. The van der Waals surface area contributed by atoms with Gasteiger partial charge in [-0.1, -0.05) is 23.7 Å². The van der Waals surface area contributed by atoms with Gasteiger partial charge in [0.05, 0.1) is 0 Å². The van der Waals surface area contributed by atoms with E-state index in [-0.39, 0.29) is 32.1 Å². The first kappa shape index (κ1) is 20.1. The highest BCUT2D eigenvalue weighted by Crippen LogP contribution is 2.30. The minimum atomic E-state index is -2.19. The Morgan fingerprint density at radius 1 is 0.821 bits per heavy atom.